The molecule has 2 rings (SSSR count). The van der Waals surface area contributed by atoms with Crippen molar-refractivity contribution in [2.45, 2.75) is 39.2 Å². The lowest BCUT2D eigenvalue weighted by atomic mass is 10.1. The van der Waals surface area contributed by atoms with E-state index in [-0.39, 0.29) is 6.42 Å². The Morgan fingerprint density at radius 1 is 0.923 bits per heavy atom. The van der Waals surface area contributed by atoms with E-state index in [1.807, 2.05) is 26.0 Å². The number of benzene rings is 2. The van der Waals surface area contributed by atoms with Crippen molar-refractivity contribution in [2.24, 2.45) is 0 Å². The summed E-state index contributed by atoms with van der Waals surface area (Å²) < 4.78 is 10.3. The Balaban J connectivity index is 2.25. The highest BCUT2D eigenvalue weighted by atomic mass is 16.6. The summed E-state index contributed by atoms with van der Waals surface area (Å²) >= 11 is 0. The Morgan fingerprint density at radius 2 is 1.58 bits per heavy atom. The van der Waals surface area contributed by atoms with Crippen LogP contribution in [0, 0.1) is 0 Å². The van der Waals surface area contributed by atoms with Crippen molar-refractivity contribution in [3.8, 4) is 0 Å². The molecule has 0 aromatic heterocycles. The fourth-order valence-electron chi connectivity index (χ4n) is 2.50. The van der Waals surface area contributed by atoms with Crippen LogP contribution in [0.25, 0.3) is 0 Å². The monoisotopic (exact) mass is 354 g/mol. The molecule has 0 N–H and O–H groups in total. The van der Waals surface area contributed by atoms with Gasteiger partial charge in [0.05, 0.1) is 5.56 Å². The normalized spacial score (nSPS) is 11.5. The first kappa shape index (κ1) is 19.4. The van der Waals surface area contributed by atoms with Crippen LogP contribution >= 0.6 is 0 Å². The molecule has 5 heteroatoms. The molecule has 0 bridgehead atoms. The predicted octanol–water partition coefficient (Wildman–Crippen LogP) is 4.02. The van der Waals surface area contributed by atoms with E-state index in [9.17, 15) is 14.4 Å². The lowest BCUT2D eigenvalue weighted by Gasteiger charge is -2.17. The molecule has 0 spiro atoms. The molecule has 1 atom stereocenters. The van der Waals surface area contributed by atoms with Crippen LogP contribution in [0.4, 0.5) is 0 Å². The molecule has 0 fully saturated rings. The van der Waals surface area contributed by atoms with Gasteiger partial charge in [0.15, 0.2) is 0 Å². The van der Waals surface area contributed by atoms with Gasteiger partial charge in [-0.1, -0.05) is 62.4 Å². The van der Waals surface area contributed by atoms with Crippen molar-refractivity contribution in [1.82, 2.24) is 0 Å². The van der Waals surface area contributed by atoms with Crippen LogP contribution in [-0.2, 0) is 25.5 Å². The number of carbonyl (C=O) groups excluding carboxylic acids is 3. The van der Waals surface area contributed by atoms with E-state index in [2.05, 4.69) is 0 Å². The Morgan fingerprint density at radius 3 is 2.23 bits per heavy atom. The van der Waals surface area contributed by atoms with Gasteiger partial charge in [0.1, 0.15) is 0 Å². The third-order valence-electron chi connectivity index (χ3n) is 3.83. The smallest absolute Gasteiger partial charge is 0.359 e. The van der Waals surface area contributed by atoms with Crippen molar-refractivity contribution in [3.05, 3.63) is 71.3 Å². The van der Waals surface area contributed by atoms with E-state index in [0.29, 0.717) is 24.0 Å². The average molecular weight is 354 g/mol. The molecule has 2 aromatic rings. The predicted molar refractivity (Wildman–Crippen MR) is 96.4 cm³/mol. The first-order valence-electron chi connectivity index (χ1n) is 8.65. The molecule has 0 aliphatic heterocycles. The first-order chi connectivity index (χ1) is 12.6. The summed E-state index contributed by atoms with van der Waals surface area (Å²) in [4.78, 5) is 36.7. The topological polar surface area (TPSA) is 69.7 Å². The zero-order chi connectivity index (χ0) is 18.9. The summed E-state index contributed by atoms with van der Waals surface area (Å²) in [5.74, 6) is -2.16. The molecule has 0 saturated heterocycles. The van der Waals surface area contributed by atoms with E-state index in [0.717, 1.165) is 5.56 Å². The van der Waals surface area contributed by atoms with Gasteiger partial charge in [0.2, 0.25) is 6.10 Å². The number of ether oxygens (including phenoxy) is 2. The molecule has 1 unspecified atom stereocenters. The second-order valence-electron chi connectivity index (χ2n) is 5.75. The zero-order valence-corrected chi connectivity index (χ0v) is 14.9. The molecule has 0 saturated carbocycles. The number of rotatable bonds is 7. The quantitative estimate of drug-likeness (QED) is 0.555. The summed E-state index contributed by atoms with van der Waals surface area (Å²) in [7, 11) is 0. The van der Waals surface area contributed by atoms with E-state index in [1.54, 1.807) is 42.5 Å². The first-order valence-corrected chi connectivity index (χ1v) is 8.65. The molecule has 136 valence electrons. The van der Waals surface area contributed by atoms with Crippen LogP contribution in [0.3, 0.4) is 0 Å². The fraction of sp³-hybridized carbons (Fsp3) is 0.286. The maximum atomic E-state index is 12.6. The van der Waals surface area contributed by atoms with Gasteiger partial charge in [0, 0.05) is 12.0 Å². The molecule has 0 heterocycles. The molecule has 5 nitrogen and oxygen atoms in total. The van der Waals surface area contributed by atoms with Crippen molar-refractivity contribution in [1.29, 1.82) is 0 Å². The van der Waals surface area contributed by atoms with Crippen LogP contribution in [0.1, 0.15) is 54.3 Å². The minimum Gasteiger partial charge on any atom is -0.442 e. The van der Waals surface area contributed by atoms with Gasteiger partial charge >= 0.3 is 17.9 Å². The number of aryl methyl sites for hydroxylation is 1. The van der Waals surface area contributed by atoms with Gasteiger partial charge in [0.25, 0.3) is 0 Å². The molecule has 2 aromatic carbocycles. The van der Waals surface area contributed by atoms with E-state index in [1.165, 1.54) is 0 Å². The molecule has 0 radical (unpaired) electrons. The summed E-state index contributed by atoms with van der Waals surface area (Å²) in [6.45, 7) is 3.74. The van der Waals surface area contributed by atoms with Crippen LogP contribution in [0.2, 0.25) is 0 Å². The zero-order valence-electron chi connectivity index (χ0n) is 14.9. The minimum atomic E-state index is -1.30. The van der Waals surface area contributed by atoms with Gasteiger partial charge < -0.3 is 9.47 Å². The molecular formula is C21H22O5. The van der Waals surface area contributed by atoms with Crippen LogP contribution < -0.4 is 0 Å². The van der Waals surface area contributed by atoms with Crippen LogP contribution in [0.15, 0.2) is 54.6 Å². The second-order valence-corrected chi connectivity index (χ2v) is 5.75. The van der Waals surface area contributed by atoms with Crippen LogP contribution in [0.5, 0.6) is 0 Å². The summed E-state index contributed by atoms with van der Waals surface area (Å²) in [5, 5.41) is 0. The third kappa shape index (κ3) is 5.02. The molecule has 0 aliphatic rings. The van der Waals surface area contributed by atoms with Gasteiger partial charge in [-0.25, -0.2) is 9.59 Å². The summed E-state index contributed by atoms with van der Waals surface area (Å²) in [6.07, 6.45) is 0.0428. The third-order valence-corrected chi connectivity index (χ3v) is 3.83. The van der Waals surface area contributed by atoms with Crippen molar-refractivity contribution in [2.75, 3.05) is 0 Å². The SMILES string of the molecule is CCCC(=O)OC(=O)C(OC(=O)c1ccccc1CC)c1ccccc1. The van der Waals surface area contributed by atoms with E-state index in [4.69, 9.17) is 9.47 Å². The van der Waals surface area contributed by atoms with Crippen molar-refractivity contribution >= 4 is 17.9 Å². The lowest BCUT2D eigenvalue weighted by molar-refractivity contribution is -0.166. The van der Waals surface area contributed by atoms with Crippen LogP contribution in [-0.4, -0.2) is 17.9 Å². The standard InChI is InChI=1S/C21H22O5/c1-3-10-18(22)25-21(24)19(16-12-6-5-7-13-16)26-20(23)17-14-9-8-11-15(17)4-2/h5-9,11-14,19H,3-4,10H2,1-2H3. The largest absolute Gasteiger partial charge is 0.442 e. The highest BCUT2D eigenvalue weighted by molar-refractivity contribution is 5.94. The maximum Gasteiger partial charge on any atom is 0.359 e. The Bertz CT molecular complexity index is 767. The minimum absolute atomic E-state index is 0.125. The summed E-state index contributed by atoms with van der Waals surface area (Å²) in [6, 6.07) is 15.6. The van der Waals surface area contributed by atoms with Crippen molar-refractivity contribution in [3.63, 3.8) is 0 Å². The molecule has 26 heavy (non-hydrogen) atoms. The number of hydrogen-bond acceptors (Lipinski definition) is 5. The highest BCUT2D eigenvalue weighted by Crippen LogP contribution is 2.22. The van der Waals surface area contributed by atoms with Crippen molar-refractivity contribution < 1.29 is 23.9 Å². The summed E-state index contributed by atoms with van der Waals surface area (Å²) in [5.41, 5.74) is 1.66. The van der Waals surface area contributed by atoms with Gasteiger partial charge in [-0.2, -0.15) is 0 Å². The molecule has 0 amide bonds. The Labute approximate surface area is 152 Å². The lowest BCUT2D eigenvalue weighted by Crippen LogP contribution is -2.25. The van der Waals surface area contributed by atoms with E-state index >= 15 is 0 Å². The fourth-order valence-corrected chi connectivity index (χ4v) is 2.50. The average Bonchev–Trinajstić information content (AvgIpc) is 2.66. The number of hydrogen-bond donors (Lipinski definition) is 0. The van der Waals surface area contributed by atoms with Gasteiger partial charge in [-0.3, -0.25) is 4.79 Å². The van der Waals surface area contributed by atoms with E-state index < -0.39 is 24.0 Å². The Kier molecular flexibility index (Phi) is 7.09. The number of carbonyl (C=O) groups is 3. The highest BCUT2D eigenvalue weighted by Gasteiger charge is 2.29. The maximum absolute atomic E-state index is 12.6. The van der Waals surface area contributed by atoms with Gasteiger partial charge in [-0.15, -0.1) is 0 Å². The van der Waals surface area contributed by atoms with Gasteiger partial charge in [-0.05, 0) is 24.5 Å². The Hall–Kier alpha value is -2.95. The molecular weight excluding hydrogens is 332 g/mol. The molecule has 0 aliphatic carbocycles. The second kappa shape index (κ2) is 9.51. The number of esters is 3.